The molecular weight excluding hydrogens is 238 g/mol. The molecule has 1 amide bonds. The minimum Gasteiger partial charge on any atom is -0.467 e. The fourth-order valence-electron chi connectivity index (χ4n) is 2.30. The number of esters is 1. The van der Waals surface area contributed by atoms with Gasteiger partial charge in [0.2, 0.25) is 5.91 Å². The predicted octanol–water partition coefficient (Wildman–Crippen LogP) is 0.548. The summed E-state index contributed by atoms with van der Waals surface area (Å²) in [6.07, 6.45) is 1.04. The van der Waals surface area contributed by atoms with Gasteiger partial charge in [-0.05, 0) is 13.3 Å². The van der Waals surface area contributed by atoms with E-state index in [0.29, 0.717) is 19.3 Å². The van der Waals surface area contributed by atoms with Crippen LogP contribution in [0.5, 0.6) is 0 Å². The number of carbonyl (C=O) groups excluding carboxylic acids is 2. The third kappa shape index (κ3) is 3.20. The number of likely N-dealkylation sites (tertiary alicyclic amines) is 1. The Hall–Kier alpha value is -1.14. The van der Waals surface area contributed by atoms with Crippen LogP contribution in [0, 0.1) is 0 Å². The zero-order valence-corrected chi connectivity index (χ0v) is 11.3. The van der Waals surface area contributed by atoms with Gasteiger partial charge in [-0.2, -0.15) is 0 Å². The fraction of sp³-hybridized carbons (Fsp3) is 0.833. The normalized spacial score (nSPS) is 21.5. The van der Waals surface area contributed by atoms with Crippen molar-refractivity contribution in [1.82, 2.24) is 4.90 Å². The lowest BCUT2D eigenvalue weighted by Gasteiger charge is -2.31. The SMILES string of the molecule is COC(=O)C1CCC(=O)N1C(C)CC(OC)OC. The van der Waals surface area contributed by atoms with Crippen molar-refractivity contribution in [3.05, 3.63) is 0 Å². The van der Waals surface area contributed by atoms with E-state index in [-0.39, 0.29) is 24.2 Å². The molecule has 0 aromatic heterocycles. The van der Waals surface area contributed by atoms with Crippen LogP contribution in [0.25, 0.3) is 0 Å². The Morgan fingerprint density at radius 2 is 2.00 bits per heavy atom. The van der Waals surface area contributed by atoms with E-state index in [2.05, 4.69) is 0 Å². The highest BCUT2D eigenvalue weighted by Crippen LogP contribution is 2.24. The van der Waals surface area contributed by atoms with Crippen LogP contribution < -0.4 is 0 Å². The molecule has 1 aliphatic heterocycles. The van der Waals surface area contributed by atoms with E-state index in [1.165, 1.54) is 7.11 Å². The summed E-state index contributed by atoms with van der Waals surface area (Å²) in [5, 5.41) is 0. The van der Waals surface area contributed by atoms with Gasteiger partial charge in [-0.15, -0.1) is 0 Å². The molecule has 0 aromatic carbocycles. The van der Waals surface area contributed by atoms with Crippen molar-refractivity contribution in [2.45, 2.75) is 44.6 Å². The topological polar surface area (TPSA) is 65.1 Å². The fourth-order valence-corrected chi connectivity index (χ4v) is 2.30. The van der Waals surface area contributed by atoms with Gasteiger partial charge in [-0.1, -0.05) is 0 Å². The summed E-state index contributed by atoms with van der Waals surface area (Å²) in [4.78, 5) is 25.0. The Morgan fingerprint density at radius 3 is 2.50 bits per heavy atom. The van der Waals surface area contributed by atoms with Crippen LogP contribution in [0.3, 0.4) is 0 Å². The van der Waals surface area contributed by atoms with E-state index in [4.69, 9.17) is 14.2 Å². The molecule has 0 aliphatic carbocycles. The summed E-state index contributed by atoms with van der Waals surface area (Å²) in [6.45, 7) is 1.88. The van der Waals surface area contributed by atoms with Gasteiger partial charge in [0, 0.05) is 33.1 Å². The maximum absolute atomic E-state index is 11.8. The highest BCUT2D eigenvalue weighted by molar-refractivity contribution is 5.88. The number of methoxy groups -OCH3 is 3. The van der Waals surface area contributed by atoms with Crippen LogP contribution >= 0.6 is 0 Å². The van der Waals surface area contributed by atoms with Crippen LogP contribution in [-0.2, 0) is 23.8 Å². The molecular formula is C12H21NO5. The Balaban J connectivity index is 2.71. The maximum atomic E-state index is 11.8. The molecule has 104 valence electrons. The van der Waals surface area contributed by atoms with E-state index < -0.39 is 6.04 Å². The van der Waals surface area contributed by atoms with Gasteiger partial charge in [-0.25, -0.2) is 4.79 Å². The second kappa shape index (κ2) is 6.70. The third-order valence-electron chi connectivity index (χ3n) is 3.26. The molecule has 1 fully saturated rings. The average molecular weight is 259 g/mol. The molecule has 1 rings (SSSR count). The molecule has 2 unspecified atom stereocenters. The second-order valence-electron chi connectivity index (χ2n) is 4.36. The largest absolute Gasteiger partial charge is 0.467 e. The van der Waals surface area contributed by atoms with Crippen LogP contribution in [-0.4, -0.2) is 56.5 Å². The molecule has 0 N–H and O–H groups in total. The third-order valence-corrected chi connectivity index (χ3v) is 3.26. The van der Waals surface area contributed by atoms with E-state index in [0.717, 1.165) is 0 Å². The summed E-state index contributed by atoms with van der Waals surface area (Å²) >= 11 is 0. The lowest BCUT2D eigenvalue weighted by atomic mass is 10.1. The minimum atomic E-state index is -0.480. The van der Waals surface area contributed by atoms with Crippen molar-refractivity contribution in [1.29, 1.82) is 0 Å². The molecule has 0 aromatic rings. The summed E-state index contributed by atoms with van der Waals surface area (Å²) < 4.78 is 14.9. The van der Waals surface area contributed by atoms with Crippen LogP contribution in [0.15, 0.2) is 0 Å². The molecule has 18 heavy (non-hydrogen) atoms. The first kappa shape index (κ1) is 14.9. The van der Waals surface area contributed by atoms with E-state index in [9.17, 15) is 9.59 Å². The van der Waals surface area contributed by atoms with E-state index in [1.807, 2.05) is 6.92 Å². The Bertz CT molecular complexity index is 303. The first-order valence-corrected chi connectivity index (χ1v) is 5.99. The van der Waals surface area contributed by atoms with E-state index >= 15 is 0 Å². The van der Waals surface area contributed by atoms with Crippen molar-refractivity contribution in [3.8, 4) is 0 Å². The Morgan fingerprint density at radius 1 is 1.39 bits per heavy atom. The highest BCUT2D eigenvalue weighted by Gasteiger charge is 2.40. The summed E-state index contributed by atoms with van der Waals surface area (Å²) in [5.74, 6) is -0.386. The average Bonchev–Trinajstić information content (AvgIpc) is 2.76. The predicted molar refractivity (Wildman–Crippen MR) is 63.8 cm³/mol. The lowest BCUT2D eigenvalue weighted by Crippen LogP contribution is -2.46. The first-order valence-electron chi connectivity index (χ1n) is 5.99. The van der Waals surface area contributed by atoms with Crippen LogP contribution in [0.2, 0.25) is 0 Å². The number of nitrogens with zero attached hydrogens (tertiary/aromatic N) is 1. The van der Waals surface area contributed by atoms with Gasteiger partial charge < -0.3 is 19.1 Å². The number of carbonyl (C=O) groups is 2. The second-order valence-corrected chi connectivity index (χ2v) is 4.36. The minimum absolute atomic E-state index is 0.0242. The van der Waals surface area contributed by atoms with Crippen molar-refractivity contribution >= 4 is 11.9 Å². The number of rotatable bonds is 6. The lowest BCUT2D eigenvalue weighted by molar-refractivity contribution is -0.154. The zero-order valence-electron chi connectivity index (χ0n) is 11.3. The van der Waals surface area contributed by atoms with Crippen molar-refractivity contribution in [2.24, 2.45) is 0 Å². The maximum Gasteiger partial charge on any atom is 0.328 e. The van der Waals surface area contributed by atoms with Crippen molar-refractivity contribution in [3.63, 3.8) is 0 Å². The van der Waals surface area contributed by atoms with Crippen LogP contribution in [0.1, 0.15) is 26.2 Å². The quantitative estimate of drug-likeness (QED) is 0.515. The molecule has 2 atom stereocenters. The smallest absolute Gasteiger partial charge is 0.328 e. The van der Waals surface area contributed by atoms with Gasteiger partial charge in [0.25, 0.3) is 0 Å². The summed E-state index contributed by atoms with van der Waals surface area (Å²) in [7, 11) is 4.43. The standard InChI is InChI=1S/C12H21NO5/c1-8(7-11(16-2)17-3)13-9(12(15)18-4)5-6-10(13)14/h8-9,11H,5-7H2,1-4H3. The number of hydrogen-bond donors (Lipinski definition) is 0. The Labute approximate surface area is 107 Å². The van der Waals surface area contributed by atoms with Gasteiger partial charge in [0.15, 0.2) is 6.29 Å². The number of ether oxygens (including phenoxy) is 3. The van der Waals surface area contributed by atoms with Gasteiger partial charge in [0.1, 0.15) is 6.04 Å². The van der Waals surface area contributed by atoms with Gasteiger partial charge >= 0.3 is 5.97 Å². The Kier molecular flexibility index (Phi) is 5.55. The molecule has 0 radical (unpaired) electrons. The molecule has 1 heterocycles. The van der Waals surface area contributed by atoms with Gasteiger partial charge in [-0.3, -0.25) is 4.79 Å². The highest BCUT2D eigenvalue weighted by atomic mass is 16.7. The molecule has 6 nitrogen and oxygen atoms in total. The molecule has 1 saturated heterocycles. The van der Waals surface area contributed by atoms with Crippen molar-refractivity contribution < 1.29 is 23.8 Å². The molecule has 0 saturated carbocycles. The summed E-state index contributed by atoms with van der Waals surface area (Å²) in [6, 6.07) is -0.610. The molecule has 0 bridgehead atoms. The first-order chi connectivity index (χ1) is 8.54. The zero-order chi connectivity index (χ0) is 13.7. The van der Waals surface area contributed by atoms with Gasteiger partial charge in [0.05, 0.1) is 7.11 Å². The van der Waals surface area contributed by atoms with Crippen LogP contribution in [0.4, 0.5) is 0 Å². The molecule has 6 heteroatoms. The van der Waals surface area contributed by atoms with Crippen molar-refractivity contribution in [2.75, 3.05) is 21.3 Å². The number of hydrogen-bond acceptors (Lipinski definition) is 5. The van der Waals surface area contributed by atoms with E-state index in [1.54, 1.807) is 19.1 Å². The summed E-state index contributed by atoms with van der Waals surface area (Å²) in [5.41, 5.74) is 0. The monoisotopic (exact) mass is 259 g/mol. The molecule has 0 spiro atoms. The number of amides is 1. The molecule has 1 aliphatic rings.